The van der Waals surface area contributed by atoms with Crippen molar-refractivity contribution >= 4 is 0 Å². The predicted molar refractivity (Wildman–Crippen MR) is 153 cm³/mol. The van der Waals surface area contributed by atoms with E-state index in [-0.39, 0.29) is 0 Å². The summed E-state index contributed by atoms with van der Waals surface area (Å²) in [5.41, 5.74) is 6.74. The number of aromatic nitrogens is 1. The first kappa shape index (κ1) is 27.5. The number of ether oxygens (including phenoxy) is 4. The molecule has 5 heteroatoms. The van der Waals surface area contributed by atoms with Gasteiger partial charge in [0.15, 0.2) is 5.88 Å². The van der Waals surface area contributed by atoms with Crippen LogP contribution in [-0.4, -0.2) is 25.3 Å². The van der Waals surface area contributed by atoms with Crippen molar-refractivity contribution in [3.8, 4) is 22.9 Å². The summed E-state index contributed by atoms with van der Waals surface area (Å²) in [6, 6.07) is 28.7. The molecular weight excluding hydrogens is 474 g/mol. The Labute approximate surface area is 226 Å². The fourth-order valence-corrected chi connectivity index (χ4v) is 4.45. The van der Waals surface area contributed by atoms with Gasteiger partial charge in [-0.1, -0.05) is 67.6 Å². The fourth-order valence-electron chi connectivity index (χ4n) is 4.45. The summed E-state index contributed by atoms with van der Waals surface area (Å²) >= 11 is 0. The van der Waals surface area contributed by atoms with E-state index in [0.717, 1.165) is 78.5 Å². The van der Waals surface area contributed by atoms with Gasteiger partial charge in [-0.15, -0.1) is 0 Å². The molecule has 0 unspecified atom stereocenters. The van der Waals surface area contributed by atoms with Crippen LogP contribution in [0.15, 0.2) is 84.9 Å². The molecule has 1 aromatic heterocycles. The minimum Gasteiger partial charge on any atom is -0.489 e. The molecular formula is C33H39NO4. The van der Waals surface area contributed by atoms with Crippen LogP contribution in [0.5, 0.6) is 11.6 Å². The second-order valence-corrected chi connectivity index (χ2v) is 9.32. The Bertz CT molecular complexity index is 1200. The molecule has 0 radical (unpaired) electrons. The Morgan fingerprint density at radius 1 is 0.632 bits per heavy atom. The highest BCUT2D eigenvalue weighted by Gasteiger charge is 2.19. The number of hydrogen-bond donors (Lipinski definition) is 1. The highest BCUT2D eigenvalue weighted by Crippen LogP contribution is 2.35. The Kier molecular flexibility index (Phi) is 10.9. The van der Waals surface area contributed by atoms with Gasteiger partial charge >= 0.3 is 0 Å². The van der Waals surface area contributed by atoms with Crippen LogP contribution in [0.1, 0.15) is 48.4 Å². The lowest BCUT2D eigenvalue weighted by Gasteiger charge is -2.10. The van der Waals surface area contributed by atoms with Gasteiger partial charge in [0.1, 0.15) is 19.0 Å². The van der Waals surface area contributed by atoms with Crippen molar-refractivity contribution in [3.05, 3.63) is 107 Å². The van der Waals surface area contributed by atoms with Crippen molar-refractivity contribution in [1.82, 2.24) is 4.98 Å². The molecule has 1 heterocycles. The summed E-state index contributed by atoms with van der Waals surface area (Å²) in [5, 5.41) is 0. The largest absolute Gasteiger partial charge is 0.489 e. The summed E-state index contributed by atoms with van der Waals surface area (Å²) in [5.74, 6) is 1.66. The van der Waals surface area contributed by atoms with E-state index < -0.39 is 0 Å². The lowest BCUT2D eigenvalue weighted by atomic mass is 10.0. The summed E-state index contributed by atoms with van der Waals surface area (Å²) in [6.07, 6.45) is 4.04. The number of methoxy groups -OCH3 is 1. The Hall–Kier alpha value is -3.54. The third-order valence-corrected chi connectivity index (χ3v) is 6.53. The van der Waals surface area contributed by atoms with E-state index in [4.69, 9.17) is 18.9 Å². The molecule has 3 aromatic carbocycles. The molecule has 0 atom stereocenters. The normalized spacial score (nSPS) is 11.0. The van der Waals surface area contributed by atoms with E-state index in [1.807, 2.05) is 48.5 Å². The van der Waals surface area contributed by atoms with Crippen molar-refractivity contribution in [2.45, 2.75) is 52.4 Å². The zero-order valence-electron chi connectivity index (χ0n) is 22.6. The lowest BCUT2D eigenvalue weighted by molar-refractivity contribution is 0.113. The molecule has 4 rings (SSSR count). The van der Waals surface area contributed by atoms with Gasteiger partial charge in [-0.3, -0.25) is 0 Å². The van der Waals surface area contributed by atoms with Crippen LogP contribution < -0.4 is 9.47 Å². The number of H-pyrrole nitrogens is 1. The first-order chi connectivity index (χ1) is 18.8. The average molecular weight is 514 g/mol. The highest BCUT2D eigenvalue weighted by molar-refractivity contribution is 5.68. The van der Waals surface area contributed by atoms with E-state index >= 15 is 0 Å². The van der Waals surface area contributed by atoms with Crippen LogP contribution in [0.4, 0.5) is 0 Å². The quantitative estimate of drug-likeness (QED) is 0.156. The van der Waals surface area contributed by atoms with Gasteiger partial charge in [0, 0.05) is 31.5 Å². The summed E-state index contributed by atoms with van der Waals surface area (Å²) in [4.78, 5) is 3.57. The first-order valence-electron chi connectivity index (χ1n) is 13.5. The maximum absolute atomic E-state index is 6.29. The van der Waals surface area contributed by atoms with E-state index in [2.05, 4.69) is 48.3 Å². The smallest absolute Gasteiger partial charge is 0.195 e. The van der Waals surface area contributed by atoms with Gasteiger partial charge in [-0.2, -0.15) is 0 Å². The SMILES string of the molecule is CCc1c(OCc2ccccc2)[nH]c(-c2ccc(OCc3ccccc3)cc2)c1COCCCCCOC. The first-order valence-corrected chi connectivity index (χ1v) is 13.5. The molecule has 0 bridgehead atoms. The molecule has 5 nitrogen and oxygen atoms in total. The fraction of sp³-hybridized carbons (Fsp3) is 0.333. The second-order valence-electron chi connectivity index (χ2n) is 9.32. The Balaban J connectivity index is 1.49. The summed E-state index contributed by atoms with van der Waals surface area (Å²) < 4.78 is 23.6. The zero-order chi connectivity index (χ0) is 26.4. The van der Waals surface area contributed by atoms with Crippen molar-refractivity contribution < 1.29 is 18.9 Å². The predicted octanol–water partition coefficient (Wildman–Crippen LogP) is 7.74. The standard InChI is InChI=1S/C33H39NO4/c1-3-30-31(25-36-22-12-6-11-21-35-2)32(34-33(30)38-24-27-15-9-5-10-16-27)28-17-19-29(20-18-28)37-23-26-13-7-4-8-14-26/h4-5,7-10,13-20,34H,3,6,11-12,21-25H2,1-2H3. The lowest BCUT2D eigenvalue weighted by Crippen LogP contribution is -2.01. The van der Waals surface area contributed by atoms with E-state index in [1.54, 1.807) is 7.11 Å². The summed E-state index contributed by atoms with van der Waals surface area (Å²) in [6.45, 7) is 5.29. The second kappa shape index (κ2) is 15.0. The maximum atomic E-state index is 6.29. The molecule has 0 saturated heterocycles. The molecule has 0 spiro atoms. The number of benzene rings is 3. The van der Waals surface area contributed by atoms with E-state index in [0.29, 0.717) is 19.8 Å². The maximum Gasteiger partial charge on any atom is 0.195 e. The van der Waals surface area contributed by atoms with Gasteiger partial charge in [0.25, 0.3) is 0 Å². The average Bonchev–Trinajstić information content (AvgIpc) is 3.33. The molecule has 0 saturated carbocycles. The van der Waals surface area contributed by atoms with E-state index in [9.17, 15) is 0 Å². The van der Waals surface area contributed by atoms with Crippen molar-refractivity contribution in [2.24, 2.45) is 0 Å². The molecule has 0 aliphatic rings. The van der Waals surface area contributed by atoms with Gasteiger partial charge in [-0.05, 0) is 66.6 Å². The monoisotopic (exact) mass is 513 g/mol. The van der Waals surface area contributed by atoms with Crippen LogP contribution in [0.2, 0.25) is 0 Å². The van der Waals surface area contributed by atoms with Crippen LogP contribution in [0.3, 0.4) is 0 Å². The minimum absolute atomic E-state index is 0.514. The van der Waals surface area contributed by atoms with Gasteiger partial charge in [0.2, 0.25) is 0 Å². The molecule has 1 N–H and O–H groups in total. The van der Waals surface area contributed by atoms with Gasteiger partial charge in [0.05, 0.1) is 12.3 Å². The van der Waals surface area contributed by atoms with Crippen molar-refractivity contribution in [2.75, 3.05) is 20.3 Å². The third-order valence-electron chi connectivity index (χ3n) is 6.53. The van der Waals surface area contributed by atoms with E-state index in [1.165, 1.54) is 5.56 Å². The van der Waals surface area contributed by atoms with Crippen LogP contribution >= 0.6 is 0 Å². The van der Waals surface area contributed by atoms with Crippen molar-refractivity contribution in [3.63, 3.8) is 0 Å². The number of nitrogens with one attached hydrogen (secondary N) is 1. The molecule has 0 aliphatic carbocycles. The molecule has 38 heavy (non-hydrogen) atoms. The third kappa shape index (κ3) is 7.98. The van der Waals surface area contributed by atoms with Gasteiger partial charge < -0.3 is 23.9 Å². The Morgan fingerprint density at radius 2 is 1.26 bits per heavy atom. The topological polar surface area (TPSA) is 52.7 Å². The van der Waals surface area contributed by atoms with Gasteiger partial charge in [-0.25, -0.2) is 0 Å². The van der Waals surface area contributed by atoms with Crippen molar-refractivity contribution in [1.29, 1.82) is 0 Å². The highest BCUT2D eigenvalue weighted by atomic mass is 16.5. The van der Waals surface area contributed by atoms with Crippen LogP contribution in [0, 0.1) is 0 Å². The number of unbranched alkanes of at least 4 members (excludes halogenated alkanes) is 2. The van der Waals surface area contributed by atoms with Crippen LogP contribution in [0.25, 0.3) is 11.3 Å². The Morgan fingerprint density at radius 3 is 1.89 bits per heavy atom. The molecule has 0 fully saturated rings. The summed E-state index contributed by atoms with van der Waals surface area (Å²) in [7, 11) is 1.75. The number of aromatic amines is 1. The molecule has 0 amide bonds. The molecule has 4 aromatic rings. The molecule has 0 aliphatic heterocycles. The number of rotatable bonds is 16. The number of hydrogen-bond acceptors (Lipinski definition) is 4. The van der Waals surface area contributed by atoms with Crippen LogP contribution in [-0.2, 0) is 35.7 Å². The minimum atomic E-state index is 0.514. The molecule has 200 valence electrons. The zero-order valence-corrected chi connectivity index (χ0v) is 22.6.